The normalized spacial score (nSPS) is 12.1. The van der Waals surface area contributed by atoms with Gasteiger partial charge in [-0.2, -0.15) is 11.3 Å². The monoisotopic (exact) mass is 282 g/mol. The number of nitrogens with one attached hydrogen (secondary N) is 1. The van der Waals surface area contributed by atoms with Crippen molar-refractivity contribution in [1.82, 2.24) is 0 Å². The molecule has 2 rings (SSSR count). The van der Waals surface area contributed by atoms with Crippen LogP contribution in [0.4, 0.5) is 15.8 Å². The van der Waals surface area contributed by atoms with Gasteiger partial charge in [-0.05, 0) is 28.5 Å². The van der Waals surface area contributed by atoms with Crippen LogP contribution >= 0.6 is 11.3 Å². The van der Waals surface area contributed by atoms with Gasteiger partial charge in [0.05, 0.1) is 17.1 Å². The van der Waals surface area contributed by atoms with Crippen LogP contribution in [0.25, 0.3) is 0 Å². The molecule has 0 spiro atoms. The van der Waals surface area contributed by atoms with E-state index >= 15 is 0 Å². The topological polar surface area (TPSA) is 75.4 Å². The molecule has 0 aliphatic carbocycles. The van der Waals surface area contributed by atoms with Gasteiger partial charge in [-0.3, -0.25) is 10.1 Å². The van der Waals surface area contributed by atoms with Crippen molar-refractivity contribution in [3.8, 4) is 0 Å². The molecule has 1 unspecified atom stereocenters. The fraction of sp³-hybridized carbons (Fsp3) is 0.167. The molecule has 0 bridgehead atoms. The third kappa shape index (κ3) is 3.49. The van der Waals surface area contributed by atoms with E-state index in [2.05, 4.69) is 5.32 Å². The number of non-ortho nitro benzene ring substituents is 1. The quantitative estimate of drug-likeness (QED) is 0.653. The van der Waals surface area contributed by atoms with Crippen LogP contribution in [-0.2, 0) is 0 Å². The Balaban J connectivity index is 2.05. The summed E-state index contributed by atoms with van der Waals surface area (Å²) in [4.78, 5) is 9.93. The second-order valence-corrected chi connectivity index (χ2v) is 4.69. The summed E-state index contributed by atoms with van der Waals surface area (Å²) in [6.07, 6.45) is -0.742. The Morgan fingerprint density at radius 3 is 2.89 bits per heavy atom. The number of halogens is 1. The van der Waals surface area contributed by atoms with Crippen molar-refractivity contribution >= 4 is 22.7 Å². The lowest BCUT2D eigenvalue weighted by atomic mass is 10.2. The predicted octanol–water partition coefficient (Wildman–Crippen LogP) is 2.94. The lowest BCUT2D eigenvalue weighted by Crippen LogP contribution is -2.11. The molecule has 0 amide bonds. The summed E-state index contributed by atoms with van der Waals surface area (Å²) in [6.45, 7) is 0.150. The molecule has 0 fully saturated rings. The second kappa shape index (κ2) is 5.77. The first-order chi connectivity index (χ1) is 9.06. The fourth-order valence-corrected chi connectivity index (χ4v) is 2.29. The molecule has 7 heteroatoms. The minimum atomic E-state index is -0.742. The molecule has 0 radical (unpaired) electrons. The number of benzene rings is 1. The largest absolute Gasteiger partial charge is 0.387 e. The Labute approximate surface area is 112 Å². The Kier molecular flexibility index (Phi) is 4.08. The van der Waals surface area contributed by atoms with Gasteiger partial charge in [0.1, 0.15) is 5.82 Å². The fourth-order valence-electron chi connectivity index (χ4n) is 1.58. The van der Waals surface area contributed by atoms with Gasteiger partial charge in [0.2, 0.25) is 0 Å². The van der Waals surface area contributed by atoms with Crippen LogP contribution in [0.5, 0.6) is 0 Å². The molecule has 0 aliphatic heterocycles. The smallest absolute Gasteiger partial charge is 0.274 e. The molecule has 1 aromatic carbocycles. The number of hydrogen-bond donors (Lipinski definition) is 2. The van der Waals surface area contributed by atoms with E-state index in [1.807, 2.05) is 5.38 Å². The van der Waals surface area contributed by atoms with Gasteiger partial charge >= 0.3 is 0 Å². The molecule has 0 saturated heterocycles. The van der Waals surface area contributed by atoms with Gasteiger partial charge in [0, 0.05) is 18.3 Å². The predicted molar refractivity (Wildman–Crippen MR) is 70.8 cm³/mol. The molecular formula is C12H11FN2O3S. The van der Waals surface area contributed by atoms with Gasteiger partial charge < -0.3 is 10.4 Å². The number of nitrogens with zero attached hydrogens (tertiary/aromatic N) is 1. The van der Waals surface area contributed by atoms with Crippen LogP contribution in [0.3, 0.4) is 0 Å². The van der Waals surface area contributed by atoms with E-state index in [-0.39, 0.29) is 17.9 Å². The minimum absolute atomic E-state index is 0.150. The molecule has 1 heterocycles. The van der Waals surface area contributed by atoms with Gasteiger partial charge in [-0.1, -0.05) is 0 Å². The maximum atomic E-state index is 13.2. The lowest BCUT2D eigenvalue weighted by Gasteiger charge is -2.11. The number of thiophene rings is 1. The number of anilines is 1. The highest BCUT2D eigenvalue weighted by Gasteiger charge is 2.12. The van der Waals surface area contributed by atoms with Gasteiger partial charge in [-0.25, -0.2) is 4.39 Å². The van der Waals surface area contributed by atoms with Crippen LogP contribution in [0.2, 0.25) is 0 Å². The van der Waals surface area contributed by atoms with E-state index in [1.165, 1.54) is 17.4 Å². The van der Waals surface area contributed by atoms with Crippen LogP contribution in [0.15, 0.2) is 35.0 Å². The zero-order chi connectivity index (χ0) is 13.8. The van der Waals surface area contributed by atoms with Crippen molar-refractivity contribution < 1.29 is 14.4 Å². The Morgan fingerprint density at radius 2 is 2.26 bits per heavy atom. The summed E-state index contributed by atoms with van der Waals surface area (Å²) < 4.78 is 13.2. The summed E-state index contributed by atoms with van der Waals surface area (Å²) in [5.41, 5.74) is 0.692. The van der Waals surface area contributed by atoms with E-state index in [4.69, 9.17) is 0 Å². The van der Waals surface area contributed by atoms with E-state index in [9.17, 15) is 19.6 Å². The number of rotatable bonds is 5. The van der Waals surface area contributed by atoms with Gasteiger partial charge in [-0.15, -0.1) is 0 Å². The Morgan fingerprint density at radius 1 is 1.47 bits per heavy atom. The van der Waals surface area contributed by atoms with E-state index < -0.39 is 16.8 Å². The third-order valence-electron chi connectivity index (χ3n) is 2.52. The highest BCUT2D eigenvalue weighted by molar-refractivity contribution is 7.07. The van der Waals surface area contributed by atoms with Crippen molar-refractivity contribution in [3.63, 3.8) is 0 Å². The summed E-state index contributed by atoms with van der Waals surface area (Å²) in [7, 11) is 0. The molecule has 0 aliphatic rings. The number of nitro groups is 1. The molecule has 5 nitrogen and oxygen atoms in total. The first kappa shape index (κ1) is 13.4. The van der Waals surface area contributed by atoms with Crippen molar-refractivity contribution in [3.05, 3.63) is 56.5 Å². The summed E-state index contributed by atoms with van der Waals surface area (Å²) in [5, 5.41) is 26.9. The van der Waals surface area contributed by atoms with Gasteiger partial charge in [0.25, 0.3) is 5.69 Å². The molecule has 0 saturated carbocycles. The average molecular weight is 282 g/mol. The summed E-state index contributed by atoms with van der Waals surface area (Å²) >= 11 is 1.46. The van der Waals surface area contributed by atoms with Crippen molar-refractivity contribution in [2.45, 2.75) is 6.10 Å². The number of aliphatic hydroxyl groups is 1. The van der Waals surface area contributed by atoms with Crippen LogP contribution in [0.1, 0.15) is 11.7 Å². The van der Waals surface area contributed by atoms with E-state index in [0.29, 0.717) is 0 Å². The van der Waals surface area contributed by atoms with Crippen LogP contribution < -0.4 is 5.32 Å². The van der Waals surface area contributed by atoms with Crippen molar-refractivity contribution in [2.24, 2.45) is 0 Å². The van der Waals surface area contributed by atoms with Crippen LogP contribution in [-0.4, -0.2) is 16.6 Å². The summed E-state index contributed by atoms with van der Waals surface area (Å²) in [5.74, 6) is -0.693. The standard InChI is InChI=1S/C12H11FN2O3S/c13-9-3-10(5-11(4-9)15(17)18)14-6-12(16)8-1-2-19-7-8/h1-5,7,12,14,16H,6H2. The highest BCUT2D eigenvalue weighted by atomic mass is 32.1. The number of hydrogen-bond acceptors (Lipinski definition) is 5. The second-order valence-electron chi connectivity index (χ2n) is 3.91. The Hall–Kier alpha value is -1.99. The lowest BCUT2D eigenvalue weighted by molar-refractivity contribution is -0.385. The molecular weight excluding hydrogens is 271 g/mol. The molecule has 2 aromatic rings. The molecule has 100 valence electrons. The SMILES string of the molecule is O=[N+]([O-])c1cc(F)cc(NCC(O)c2ccsc2)c1. The van der Waals surface area contributed by atoms with Gasteiger partial charge in [0.15, 0.2) is 0 Å². The minimum Gasteiger partial charge on any atom is -0.387 e. The molecule has 1 aromatic heterocycles. The van der Waals surface area contributed by atoms with Crippen molar-refractivity contribution in [2.75, 3.05) is 11.9 Å². The molecule has 1 atom stereocenters. The number of nitro benzene ring substituents is 1. The maximum Gasteiger partial charge on any atom is 0.274 e. The first-order valence-corrected chi connectivity index (χ1v) is 6.39. The molecule has 2 N–H and O–H groups in total. The highest BCUT2D eigenvalue weighted by Crippen LogP contribution is 2.22. The van der Waals surface area contributed by atoms with E-state index in [0.717, 1.165) is 17.7 Å². The number of aliphatic hydroxyl groups excluding tert-OH is 1. The average Bonchev–Trinajstić information content (AvgIpc) is 2.89. The van der Waals surface area contributed by atoms with E-state index in [1.54, 1.807) is 11.4 Å². The maximum absolute atomic E-state index is 13.2. The Bertz CT molecular complexity index is 574. The van der Waals surface area contributed by atoms with Crippen molar-refractivity contribution in [1.29, 1.82) is 0 Å². The zero-order valence-electron chi connectivity index (χ0n) is 9.75. The first-order valence-electron chi connectivity index (χ1n) is 5.45. The summed E-state index contributed by atoms with van der Waals surface area (Å²) in [6, 6.07) is 5.00. The molecule has 19 heavy (non-hydrogen) atoms. The van der Waals surface area contributed by atoms with Crippen LogP contribution in [0, 0.1) is 15.9 Å². The third-order valence-corrected chi connectivity index (χ3v) is 3.22. The zero-order valence-corrected chi connectivity index (χ0v) is 10.6.